The molecule has 13 heavy (non-hydrogen) atoms. The van der Waals surface area contributed by atoms with Crippen LogP contribution in [0.4, 0.5) is 5.69 Å². The first kappa shape index (κ1) is 10.3. The highest BCUT2D eigenvalue weighted by Crippen LogP contribution is 2.27. The molecule has 0 aromatic heterocycles. The Bertz CT molecular complexity index is 354. The van der Waals surface area contributed by atoms with Crippen molar-refractivity contribution in [2.75, 3.05) is 12.8 Å². The van der Waals surface area contributed by atoms with Crippen molar-refractivity contribution in [1.29, 1.82) is 0 Å². The molecule has 0 heterocycles. The van der Waals surface area contributed by atoms with Crippen molar-refractivity contribution in [3.63, 3.8) is 0 Å². The van der Waals surface area contributed by atoms with Gasteiger partial charge in [-0.05, 0) is 28.1 Å². The Balaban J connectivity index is 3.23. The lowest BCUT2D eigenvalue weighted by molar-refractivity contribution is 0.0600. The molecule has 0 unspecified atom stereocenters. The number of hydrogen-bond donors (Lipinski definition) is 1. The third kappa shape index (κ3) is 2.14. The molecule has 0 amide bonds. The summed E-state index contributed by atoms with van der Waals surface area (Å²) < 4.78 is 5.11. The summed E-state index contributed by atoms with van der Waals surface area (Å²) in [5.41, 5.74) is 6.24. The van der Waals surface area contributed by atoms with Crippen LogP contribution in [-0.4, -0.2) is 13.1 Å². The van der Waals surface area contributed by atoms with E-state index in [1.807, 2.05) is 0 Å². The molecule has 0 aliphatic carbocycles. The van der Waals surface area contributed by atoms with Crippen molar-refractivity contribution in [1.82, 2.24) is 0 Å². The van der Waals surface area contributed by atoms with Gasteiger partial charge >= 0.3 is 5.97 Å². The molecule has 0 radical (unpaired) electrons. The maximum atomic E-state index is 11.1. The largest absolute Gasteiger partial charge is 0.465 e. The van der Waals surface area contributed by atoms with Crippen LogP contribution in [0.2, 0.25) is 5.02 Å². The molecule has 1 aromatic rings. The summed E-state index contributed by atoms with van der Waals surface area (Å²) >= 11 is 8.91. The minimum atomic E-state index is -0.449. The van der Waals surface area contributed by atoms with Crippen LogP contribution in [0.1, 0.15) is 10.4 Å². The highest BCUT2D eigenvalue weighted by Gasteiger charge is 2.12. The van der Waals surface area contributed by atoms with Crippen LogP contribution in [0, 0.1) is 0 Å². The average Bonchev–Trinajstić information content (AvgIpc) is 2.10. The predicted octanol–water partition coefficient (Wildman–Crippen LogP) is 2.47. The number of hydrogen-bond acceptors (Lipinski definition) is 3. The van der Waals surface area contributed by atoms with Crippen LogP contribution in [-0.2, 0) is 4.74 Å². The van der Waals surface area contributed by atoms with Crippen molar-refractivity contribution in [2.45, 2.75) is 0 Å². The number of rotatable bonds is 1. The number of carbonyl (C=O) groups excluding carboxylic acids is 1. The monoisotopic (exact) mass is 263 g/mol. The van der Waals surface area contributed by atoms with Crippen LogP contribution in [0.15, 0.2) is 16.6 Å². The predicted molar refractivity (Wildman–Crippen MR) is 54.9 cm³/mol. The zero-order valence-corrected chi connectivity index (χ0v) is 9.15. The van der Waals surface area contributed by atoms with E-state index in [4.69, 9.17) is 17.3 Å². The molecule has 0 aliphatic heterocycles. The van der Waals surface area contributed by atoms with Crippen LogP contribution >= 0.6 is 27.5 Å². The van der Waals surface area contributed by atoms with Gasteiger partial charge in [0.2, 0.25) is 0 Å². The van der Waals surface area contributed by atoms with Gasteiger partial charge in [-0.2, -0.15) is 0 Å². The summed E-state index contributed by atoms with van der Waals surface area (Å²) in [7, 11) is 1.31. The number of esters is 1. The number of halogens is 2. The Morgan fingerprint density at radius 3 is 2.77 bits per heavy atom. The van der Waals surface area contributed by atoms with Crippen LogP contribution in [0.25, 0.3) is 0 Å². The number of carbonyl (C=O) groups is 1. The van der Waals surface area contributed by atoms with E-state index >= 15 is 0 Å². The lowest BCUT2D eigenvalue weighted by atomic mass is 10.2. The number of nitrogen functional groups attached to an aromatic ring is 1. The number of ether oxygens (including phenoxy) is 1. The Morgan fingerprint density at radius 1 is 1.62 bits per heavy atom. The maximum absolute atomic E-state index is 11.1. The van der Waals surface area contributed by atoms with Gasteiger partial charge < -0.3 is 10.5 Å². The summed E-state index contributed by atoms with van der Waals surface area (Å²) in [6, 6.07) is 3.03. The second-order valence-electron chi connectivity index (χ2n) is 2.35. The van der Waals surface area contributed by atoms with E-state index in [9.17, 15) is 4.79 Å². The van der Waals surface area contributed by atoms with Crippen molar-refractivity contribution in [2.24, 2.45) is 0 Å². The number of methoxy groups -OCH3 is 1. The van der Waals surface area contributed by atoms with Gasteiger partial charge in [0.1, 0.15) is 0 Å². The van der Waals surface area contributed by atoms with E-state index in [-0.39, 0.29) is 0 Å². The second kappa shape index (κ2) is 3.98. The second-order valence-corrected chi connectivity index (χ2v) is 3.61. The average molecular weight is 265 g/mol. The van der Waals surface area contributed by atoms with Gasteiger partial charge in [-0.3, -0.25) is 0 Å². The fourth-order valence-corrected chi connectivity index (χ4v) is 1.63. The summed E-state index contributed by atoms with van der Waals surface area (Å²) in [5.74, 6) is -0.449. The van der Waals surface area contributed by atoms with E-state index in [0.717, 1.165) is 0 Å². The summed E-state index contributed by atoms with van der Waals surface area (Å²) in [6.45, 7) is 0. The number of anilines is 1. The van der Waals surface area contributed by atoms with E-state index < -0.39 is 5.97 Å². The first-order valence-electron chi connectivity index (χ1n) is 3.39. The van der Waals surface area contributed by atoms with Crippen molar-refractivity contribution >= 4 is 39.2 Å². The molecule has 0 fully saturated rings. The molecule has 0 saturated heterocycles. The Morgan fingerprint density at radius 2 is 2.23 bits per heavy atom. The standard InChI is InChI=1S/C8H7BrClNO2/c1-13-8(12)4-2-7(11)6(10)3-5(4)9/h2-3H,11H2,1H3. The maximum Gasteiger partial charge on any atom is 0.339 e. The third-order valence-electron chi connectivity index (χ3n) is 1.49. The molecule has 0 spiro atoms. The van der Waals surface area contributed by atoms with Crippen LogP contribution < -0.4 is 5.73 Å². The first-order chi connectivity index (χ1) is 6.06. The molecule has 0 bridgehead atoms. The molecule has 1 rings (SSSR count). The zero-order valence-electron chi connectivity index (χ0n) is 6.80. The van der Waals surface area contributed by atoms with Crippen molar-refractivity contribution in [3.05, 3.63) is 27.2 Å². The normalized spacial score (nSPS) is 9.77. The molecular weight excluding hydrogens is 257 g/mol. The molecule has 2 N–H and O–H groups in total. The quantitative estimate of drug-likeness (QED) is 0.626. The minimum absolute atomic E-state index is 0.352. The molecule has 3 nitrogen and oxygen atoms in total. The summed E-state index contributed by atoms with van der Waals surface area (Å²) in [4.78, 5) is 11.1. The lowest BCUT2D eigenvalue weighted by Crippen LogP contribution is -2.03. The third-order valence-corrected chi connectivity index (χ3v) is 2.48. The molecule has 70 valence electrons. The highest BCUT2D eigenvalue weighted by atomic mass is 79.9. The smallest absolute Gasteiger partial charge is 0.339 e. The fourth-order valence-electron chi connectivity index (χ4n) is 0.832. The van der Waals surface area contributed by atoms with E-state index in [0.29, 0.717) is 20.7 Å². The first-order valence-corrected chi connectivity index (χ1v) is 4.56. The number of benzene rings is 1. The topological polar surface area (TPSA) is 52.3 Å². The fraction of sp³-hybridized carbons (Fsp3) is 0.125. The highest BCUT2D eigenvalue weighted by molar-refractivity contribution is 9.10. The zero-order chi connectivity index (χ0) is 10.0. The van der Waals surface area contributed by atoms with Crippen molar-refractivity contribution in [3.8, 4) is 0 Å². The van der Waals surface area contributed by atoms with Gasteiger partial charge in [0.15, 0.2) is 0 Å². The van der Waals surface area contributed by atoms with E-state index in [1.54, 1.807) is 6.07 Å². The van der Waals surface area contributed by atoms with E-state index in [1.165, 1.54) is 13.2 Å². The van der Waals surface area contributed by atoms with Gasteiger partial charge in [-0.25, -0.2) is 4.79 Å². The summed E-state index contributed by atoms with van der Waals surface area (Å²) in [5, 5.41) is 0.402. The lowest BCUT2D eigenvalue weighted by Gasteiger charge is -2.04. The Kier molecular flexibility index (Phi) is 3.17. The van der Waals surface area contributed by atoms with Gasteiger partial charge in [0.25, 0.3) is 0 Å². The van der Waals surface area contributed by atoms with E-state index in [2.05, 4.69) is 20.7 Å². The molecule has 0 aliphatic rings. The molecule has 5 heteroatoms. The van der Waals surface area contributed by atoms with Crippen molar-refractivity contribution < 1.29 is 9.53 Å². The molecular formula is C8H7BrClNO2. The molecule has 0 saturated carbocycles. The van der Waals surface area contributed by atoms with Crippen LogP contribution in [0.3, 0.4) is 0 Å². The van der Waals surface area contributed by atoms with Gasteiger partial charge in [0.05, 0.1) is 23.4 Å². The van der Waals surface area contributed by atoms with Gasteiger partial charge in [0, 0.05) is 4.47 Å². The van der Waals surface area contributed by atoms with Gasteiger partial charge in [-0.15, -0.1) is 0 Å². The Labute approximate surface area is 88.9 Å². The van der Waals surface area contributed by atoms with Gasteiger partial charge in [-0.1, -0.05) is 11.6 Å². The molecule has 0 atom stereocenters. The SMILES string of the molecule is COC(=O)c1cc(N)c(Cl)cc1Br. The van der Waals surface area contributed by atoms with Crippen LogP contribution in [0.5, 0.6) is 0 Å². The molecule has 1 aromatic carbocycles. The number of nitrogens with two attached hydrogens (primary N) is 1. The minimum Gasteiger partial charge on any atom is -0.465 e. The summed E-state index contributed by atoms with van der Waals surface area (Å²) in [6.07, 6.45) is 0. The Hall–Kier alpha value is -0.740.